The number of carbonyl (C=O) groups is 1. The standard InChI is InChI=1S/C26H39NO4/c1-24-9-5-19(27-13-15-31-16-14-27)17-18(24)3-4-20-21(24)6-10-25(2)22(20)7-11-26(25,30)12-8-23(28)29/h3,17,20-22,30H,4-16H2,1-2H3,(H,28,29)/t20-,21+,22+,24+,25+,26-/m1/s1. The van der Waals surface area contributed by atoms with Crippen LogP contribution in [0, 0.1) is 28.6 Å². The van der Waals surface area contributed by atoms with Crippen LogP contribution in [0.1, 0.15) is 71.6 Å². The third-order valence-electron chi connectivity index (χ3n) is 10.2. The first kappa shape index (κ1) is 21.5. The first-order valence-electron chi connectivity index (χ1n) is 12.4. The first-order chi connectivity index (χ1) is 14.8. The summed E-state index contributed by atoms with van der Waals surface area (Å²) in [5.41, 5.74) is 2.32. The van der Waals surface area contributed by atoms with E-state index in [-0.39, 0.29) is 17.3 Å². The highest BCUT2D eigenvalue weighted by atomic mass is 16.5. The molecule has 1 heterocycles. The molecule has 1 aliphatic heterocycles. The summed E-state index contributed by atoms with van der Waals surface area (Å²) in [6.45, 7) is 8.46. The average Bonchev–Trinajstić information content (AvgIpc) is 3.03. The summed E-state index contributed by atoms with van der Waals surface area (Å²) >= 11 is 0. The largest absolute Gasteiger partial charge is 0.481 e. The van der Waals surface area contributed by atoms with Gasteiger partial charge in [0.1, 0.15) is 0 Å². The van der Waals surface area contributed by atoms with Crippen molar-refractivity contribution in [1.82, 2.24) is 4.90 Å². The Balaban J connectivity index is 1.39. The van der Waals surface area contributed by atoms with Crippen molar-refractivity contribution in [2.75, 3.05) is 26.3 Å². The maximum absolute atomic E-state index is 11.6. The van der Waals surface area contributed by atoms with Crippen LogP contribution in [-0.4, -0.2) is 53.0 Å². The van der Waals surface area contributed by atoms with Crippen molar-refractivity contribution < 1.29 is 19.7 Å². The number of aliphatic carboxylic acids is 1. The van der Waals surface area contributed by atoms with Crippen molar-refractivity contribution in [3.63, 3.8) is 0 Å². The van der Waals surface area contributed by atoms with E-state index in [1.807, 2.05) is 0 Å². The molecule has 0 aromatic carbocycles. The number of hydrogen-bond donors (Lipinski definition) is 2. The Kier molecular flexibility index (Phi) is 5.29. The monoisotopic (exact) mass is 429 g/mol. The van der Waals surface area contributed by atoms with Crippen molar-refractivity contribution in [2.45, 2.75) is 77.2 Å². The van der Waals surface area contributed by atoms with Crippen LogP contribution < -0.4 is 0 Å². The zero-order chi connectivity index (χ0) is 21.9. The summed E-state index contributed by atoms with van der Waals surface area (Å²) in [6.07, 6.45) is 13.0. The molecular weight excluding hydrogens is 390 g/mol. The number of rotatable bonds is 4. The van der Waals surface area contributed by atoms with Gasteiger partial charge in [-0.2, -0.15) is 0 Å². The van der Waals surface area contributed by atoms with Gasteiger partial charge in [-0.15, -0.1) is 0 Å². The van der Waals surface area contributed by atoms with Gasteiger partial charge in [0, 0.05) is 25.2 Å². The number of ether oxygens (including phenoxy) is 1. The molecular formula is C26H39NO4. The molecule has 4 aliphatic carbocycles. The Morgan fingerprint density at radius 2 is 1.90 bits per heavy atom. The molecule has 5 aliphatic rings. The second kappa shape index (κ2) is 7.62. The molecule has 5 rings (SSSR count). The summed E-state index contributed by atoms with van der Waals surface area (Å²) < 4.78 is 5.55. The van der Waals surface area contributed by atoms with E-state index < -0.39 is 11.6 Å². The molecule has 0 amide bonds. The minimum atomic E-state index is -0.818. The van der Waals surface area contributed by atoms with E-state index in [2.05, 4.69) is 30.9 Å². The summed E-state index contributed by atoms with van der Waals surface area (Å²) in [7, 11) is 0. The molecule has 5 heteroatoms. The molecule has 0 bridgehead atoms. The van der Waals surface area contributed by atoms with Gasteiger partial charge in [-0.05, 0) is 91.6 Å². The number of fused-ring (bicyclic) bond motifs is 5. The second-order valence-electron chi connectivity index (χ2n) is 11.3. The van der Waals surface area contributed by atoms with E-state index in [4.69, 9.17) is 4.74 Å². The Labute approximate surface area is 186 Å². The van der Waals surface area contributed by atoms with Crippen LogP contribution >= 0.6 is 0 Å². The van der Waals surface area contributed by atoms with Crippen LogP contribution in [0.5, 0.6) is 0 Å². The molecule has 3 fully saturated rings. The van der Waals surface area contributed by atoms with Gasteiger partial charge in [-0.1, -0.05) is 19.9 Å². The second-order valence-corrected chi connectivity index (χ2v) is 11.3. The van der Waals surface area contributed by atoms with Gasteiger partial charge in [0.25, 0.3) is 0 Å². The van der Waals surface area contributed by atoms with Crippen LogP contribution in [0.25, 0.3) is 0 Å². The zero-order valence-electron chi connectivity index (χ0n) is 19.2. The maximum atomic E-state index is 11.6. The van der Waals surface area contributed by atoms with Gasteiger partial charge in [0.05, 0.1) is 18.8 Å². The third-order valence-corrected chi connectivity index (χ3v) is 10.2. The molecule has 31 heavy (non-hydrogen) atoms. The summed E-state index contributed by atoms with van der Waals surface area (Å²) in [5.74, 6) is 1.00. The Morgan fingerprint density at radius 1 is 1.16 bits per heavy atom. The Bertz CT molecular complexity index is 799. The van der Waals surface area contributed by atoms with Crippen molar-refractivity contribution >= 4 is 5.97 Å². The number of carboxylic acid groups (broad SMARTS) is 1. The van der Waals surface area contributed by atoms with Crippen molar-refractivity contribution in [3.05, 3.63) is 23.4 Å². The number of carboxylic acids is 1. The lowest BCUT2D eigenvalue weighted by Gasteiger charge is -2.58. The van der Waals surface area contributed by atoms with Gasteiger partial charge in [0.2, 0.25) is 0 Å². The molecule has 172 valence electrons. The predicted octanol–water partition coefficient (Wildman–Crippen LogP) is 4.37. The first-order valence-corrected chi connectivity index (χ1v) is 12.4. The molecule has 0 aromatic heterocycles. The highest BCUT2D eigenvalue weighted by Gasteiger charge is 2.63. The number of nitrogens with zero attached hydrogens (tertiary/aromatic N) is 1. The summed E-state index contributed by atoms with van der Waals surface area (Å²) in [4.78, 5) is 13.7. The fourth-order valence-corrected chi connectivity index (χ4v) is 8.25. The highest BCUT2D eigenvalue weighted by Crippen LogP contribution is 2.67. The van der Waals surface area contributed by atoms with Crippen LogP contribution in [0.3, 0.4) is 0 Å². The molecule has 6 atom stereocenters. The van der Waals surface area contributed by atoms with E-state index in [0.29, 0.717) is 24.2 Å². The molecule has 0 spiro atoms. The minimum absolute atomic E-state index is 0.0732. The quantitative estimate of drug-likeness (QED) is 0.694. The summed E-state index contributed by atoms with van der Waals surface area (Å²) in [5, 5.41) is 20.8. The van der Waals surface area contributed by atoms with Gasteiger partial charge < -0.3 is 19.8 Å². The van der Waals surface area contributed by atoms with Gasteiger partial charge >= 0.3 is 5.97 Å². The molecule has 2 N–H and O–H groups in total. The Hall–Kier alpha value is -1.33. The lowest BCUT2D eigenvalue weighted by Crippen LogP contribution is -2.54. The highest BCUT2D eigenvalue weighted by molar-refractivity contribution is 5.66. The molecule has 0 radical (unpaired) electrons. The number of hydrogen-bond acceptors (Lipinski definition) is 4. The zero-order valence-corrected chi connectivity index (χ0v) is 19.2. The van der Waals surface area contributed by atoms with Gasteiger partial charge in [0.15, 0.2) is 0 Å². The van der Waals surface area contributed by atoms with Crippen LogP contribution in [0.15, 0.2) is 23.4 Å². The number of allylic oxidation sites excluding steroid dienone is 4. The molecule has 1 saturated heterocycles. The topological polar surface area (TPSA) is 70.0 Å². The lowest BCUT2D eigenvalue weighted by atomic mass is 9.47. The van der Waals surface area contributed by atoms with Gasteiger partial charge in [-0.3, -0.25) is 4.79 Å². The SMILES string of the molecule is C[C@]12CCC(N3CCOCC3)=CC1=CC[C@@H]1[C@@H]2CC[C@@]2(C)[C@H]1CC[C@@]2(O)CCC(=O)O. The summed E-state index contributed by atoms with van der Waals surface area (Å²) in [6, 6.07) is 0. The lowest BCUT2D eigenvalue weighted by molar-refractivity contribution is -0.145. The minimum Gasteiger partial charge on any atom is -0.481 e. The van der Waals surface area contributed by atoms with Gasteiger partial charge in [-0.25, -0.2) is 0 Å². The number of aliphatic hydroxyl groups is 1. The average molecular weight is 430 g/mol. The van der Waals surface area contributed by atoms with E-state index in [0.717, 1.165) is 64.8 Å². The number of morpholine rings is 1. The fourth-order valence-electron chi connectivity index (χ4n) is 8.25. The molecule has 5 nitrogen and oxygen atoms in total. The smallest absolute Gasteiger partial charge is 0.303 e. The van der Waals surface area contributed by atoms with Crippen molar-refractivity contribution in [3.8, 4) is 0 Å². The normalized spacial score (nSPS) is 44.6. The van der Waals surface area contributed by atoms with Crippen LogP contribution in [-0.2, 0) is 9.53 Å². The van der Waals surface area contributed by atoms with E-state index in [1.165, 1.54) is 12.1 Å². The van der Waals surface area contributed by atoms with E-state index in [9.17, 15) is 15.0 Å². The molecule has 0 aromatic rings. The maximum Gasteiger partial charge on any atom is 0.303 e. The fraction of sp³-hybridized carbons (Fsp3) is 0.808. The predicted molar refractivity (Wildman–Crippen MR) is 119 cm³/mol. The van der Waals surface area contributed by atoms with E-state index >= 15 is 0 Å². The third kappa shape index (κ3) is 3.30. The Morgan fingerprint density at radius 3 is 2.65 bits per heavy atom. The van der Waals surface area contributed by atoms with Crippen LogP contribution in [0.4, 0.5) is 0 Å². The van der Waals surface area contributed by atoms with Crippen LogP contribution in [0.2, 0.25) is 0 Å². The van der Waals surface area contributed by atoms with Crippen molar-refractivity contribution in [2.24, 2.45) is 28.6 Å². The van der Waals surface area contributed by atoms with E-state index in [1.54, 1.807) is 5.57 Å². The van der Waals surface area contributed by atoms with Crippen molar-refractivity contribution in [1.29, 1.82) is 0 Å². The molecule has 2 saturated carbocycles. The molecule has 0 unspecified atom stereocenters.